The van der Waals surface area contributed by atoms with Crippen LogP contribution in [0.5, 0.6) is 0 Å². The van der Waals surface area contributed by atoms with Crippen LogP contribution < -0.4 is 10.6 Å². The van der Waals surface area contributed by atoms with Gasteiger partial charge < -0.3 is 15.4 Å². The molecule has 0 aliphatic carbocycles. The van der Waals surface area contributed by atoms with Crippen molar-refractivity contribution < 1.29 is 4.74 Å². The van der Waals surface area contributed by atoms with E-state index in [0.29, 0.717) is 0 Å². The molecule has 0 radical (unpaired) electrons. The van der Waals surface area contributed by atoms with Gasteiger partial charge in [-0.25, -0.2) is 0 Å². The number of nitrogens with zero attached hydrogens (tertiary/aromatic N) is 1. The minimum Gasteiger partial charge on any atom is -0.380 e. The van der Waals surface area contributed by atoms with Crippen LogP contribution >= 0.6 is 35.7 Å². The van der Waals surface area contributed by atoms with E-state index in [1.54, 1.807) is 7.05 Å². The highest BCUT2D eigenvalue weighted by molar-refractivity contribution is 14.0. The molecule has 0 atom stereocenters. The van der Waals surface area contributed by atoms with Gasteiger partial charge in [0.25, 0.3) is 0 Å². The summed E-state index contributed by atoms with van der Waals surface area (Å²) < 4.78 is 5.46. The van der Waals surface area contributed by atoms with Crippen LogP contribution in [0, 0.1) is 5.41 Å². The summed E-state index contributed by atoms with van der Waals surface area (Å²) >= 11 is 1.85. The number of ether oxygens (including phenoxy) is 1. The van der Waals surface area contributed by atoms with Gasteiger partial charge in [0.15, 0.2) is 5.96 Å². The Hall–Kier alpha value is 0.310. The molecule has 0 aromatic rings. The number of guanidine groups is 1. The third kappa shape index (κ3) is 5.97. The van der Waals surface area contributed by atoms with Gasteiger partial charge in [0.2, 0.25) is 0 Å². The maximum atomic E-state index is 5.23. The van der Waals surface area contributed by atoms with Crippen molar-refractivity contribution in [3.8, 4) is 0 Å². The highest BCUT2D eigenvalue weighted by Crippen LogP contribution is 2.25. The Morgan fingerprint density at radius 2 is 2.00 bits per heavy atom. The first-order chi connectivity index (χ1) is 7.91. The van der Waals surface area contributed by atoms with Crippen LogP contribution in [0.3, 0.4) is 0 Å². The average Bonchev–Trinajstić information content (AvgIpc) is 2.27. The Labute approximate surface area is 132 Å². The minimum absolute atomic E-state index is 0. The number of hydrogen-bond acceptors (Lipinski definition) is 3. The van der Waals surface area contributed by atoms with E-state index in [1.807, 2.05) is 11.8 Å². The van der Waals surface area contributed by atoms with Crippen molar-refractivity contribution in [2.24, 2.45) is 10.4 Å². The molecule has 1 aliphatic rings. The normalized spacial score (nSPS) is 18.6. The summed E-state index contributed by atoms with van der Waals surface area (Å²) in [4.78, 5) is 4.23. The Kier molecular flexibility index (Phi) is 7.93. The maximum absolute atomic E-state index is 5.23. The van der Waals surface area contributed by atoms with Crippen LogP contribution in [0.2, 0.25) is 0 Å². The van der Waals surface area contributed by atoms with E-state index in [4.69, 9.17) is 4.74 Å². The summed E-state index contributed by atoms with van der Waals surface area (Å²) in [7, 11) is 1.81. The van der Waals surface area contributed by atoms with Gasteiger partial charge in [0.1, 0.15) is 0 Å². The summed E-state index contributed by atoms with van der Waals surface area (Å²) in [5.74, 6) is 0.875. The van der Waals surface area contributed by atoms with Gasteiger partial charge in [-0.05, 0) is 20.1 Å². The van der Waals surface area contributed by atoms with Crippen LogP contribution in [0.4, 0.5) is 0 Å². The van der Waals surface area contributed by atoms with Crippen LogP contribution in [-0.2, 0) is 4.74 Å². The number of thioether (sulfide) groups is 1. The lowest BCUT2D eigenvalue weighted by atomic mass is 9.89. The number of halogens is 1. The Balaban J connectivity index is 0.00000289. The minimum atomic E-state index is 0. The molecular weight excluding hydrogens is 361 g/mol. The lowest BCUT2D eigenvalue weighted by Crippen LogP contribution is -2.52. The zero-order valence-corrected chi connectivity index (χ0v) is 15.1. The molecular formula is C12H26IN3OS. The summed E-state index contributed by atoms with van der Waals surface area (Å²) in [6.45, 7) is 10.2. The first-order valence-electron chi connectivity index (χ1n) is 5.98. The molecule has 18 heavy (non-hydrogen) atoms. The third-order valence-electron chi connectivity index (χ3n) is 3.04. The van der Waals surface area contributed by atoms with Crippen molar-refractivity contribution in [2.75, 3.05) is 39.6 Å². The molecule has 1 heterocycles. The van der Waals surface area contributed by atoms with Gasteiger partial charge in [-0.15, -0.1) is 24.0 Å². The van der Waals surface area contributed by atoms with Crippen molar-refractivity contribution >= 4 is 41.7 Å². The molecule has 0 unspecified atom stereocenters. The standard InChI is InChI=1S/C12H25N3OS.HI/c1-11(2,17-5)6-14-10(13-4)15-7-12(3)8-16-9-12;/h6-9H2,1-5H3,(H2,13,14,15);1H. The van der Waals surface area contributed by atoms with Gasteiger partial charge in [-0.3, -0.25) is 4.99 Å². The lowest BCUT2D eigenvalue weighted by Gasteiger charge is -2.38. The Morgan fingerprint density at radius 3 is 2.39 bits per heavy atom. The number of aliphatic imine (C=N–C) groups is 1. The van der Waals surface area contributed by atoms with Crippen LogP contribution in [0.1, 0.15) is 20.8 Å². The molecule has 0 saturated carbocycles. The first kappa shape index (κ1) is 18.3. The van der Waals surface area contributed by atoms with Crippen molar-refractivity contribution in [3.63, 3.8) is 0 Å². The second-order valence-corrected chi connectivity index (χ2v) is 7.06. The molecule has 0 aromatic carbocycles. The Morgan fingerprint density at radius 1 is 1.39 bits per heavy atom. The largest absolute Gasteiger partial charge is 0.380 e. The highest BCUT2D eigenvalue weighted by Gasteiger charge is 2.33. The average molecular weight is 387 g/mol. The van der Waals surface area contributed by atoms with Gasteiger partial charge in [-0.1, -0.05) is 6.92 Å². The molecule has 1 saturated heterocycles. The van der Waals surface area contributed by atoms with Gasteiger partial charge >= 0.3 is 0 Å². The number of rotatable bonds is 5. The molecule has 1 aliphatic heterocycles. The third-order valence-corrected chi connectivity index (χ3v) is 4.29. The zero-order valence-electron chi connectivity index (χ0n) is 12.0. The smallest absolute Gasteiger partial charge is 0.191 e. The lowest BCUT2D eigenvalue weighted by molar-refractivity contribution is -0.0971. The second kappa shape index (κ2) is 7.79. The summed E-state index contributed by atoms with van der Waals surface area (Å²) in [5.41, 5.74) is 0.270. The van der Waals surface area contributed by atoms with E-state index < -0.39 is 0 Å². The van der Waals surface area contributed by atoms with E-state index in [2.05, 4.69) is 42.7 Å². The zero-order chi connectivity index (χ0) is 12.9. The quantitative estimate of drug-likeness (QED) is 0.430. The summed E-state index contributed by atoms with van der Waals surface area (Å²) in [6, 6.07) is 0. The predicted octanol–water partition coefficient (Wildman–Crippen LogP) is 1.95. The number of nitrogens with one attached hydrogen (secondary N) is 2. The molecule has 2 N–H and O–H groups in total. The van der Waals surface area contributed by atoms with Crippen molar-refractivity contribution in [1.29, 1.82) is 0 Å². The van der Waals surface area contributed by atoms with Crippen LogP contribution in [0.15, 0.2) is 4.99 Å². The maximum Gasteiger partial charge on any atom is 0.191 e. The summed E-state index contributed by atoms with van der Waals surface area (Å²) in [6.07, 6.45) is 2.13. The van der Waals surface area contributed by atoms with E-state index >= 15 is 0 Å². The van der Waals surface area contributed by atoms with E-state index in [-0.39, 0.29) is 34.1 Å². The number of hydrogen-bond donors (Lipinski definition) is 2. The monoisotopic (exact) mass is 387 g/mol. The fourth-order valence-electron chi connectivity index (χ4n) is 1.44. The molecule has 1 rings (SSSR count). The van der Waals surface area contributed by atoms with Gasteiger partial charge in [0, 0.05) is 30.3 Å². The van der Waals surface area contributed by atoms with Crippen molar-refractivity contribution in [3.05, 3.63) is 0 Å². The molecule has 1 fully saturated rings. The molecule has 0 aromatic heterocycles. The fourth-order valence-corrected chi connectivity index (χ4v) is 1.66. The van der Waals surface area contributed by atoms with Gasteiger partial charge in [0.05, 0.1) is 13.2 Å². The molecule has 0 spiro atoms. The topological polar surface area (TPSA) is 45.7 Å². The van der Waals surface area contributed by atoms with E-state index in [9.17, 15) is 0 Å². The molecule has 6 heteroatoms. The van der Waals surface area contributed by atoms with E-state index in [0.717, 1.165) is 32.3 Å². The fraction of sp³-hybridized carbons (Fsp3) is 0.917. The molecule has 0 amide bonds. The predicted molar refractivity (Wildman–Crippen MR) is 91.3 cm³/mol. The Bertz CT molecular complexity index is 263. The van der Waals surface area contributed by atoms with Gasteiger partial charge in [-0.2, -0.15) is 11.8 Å². The van der Waals surface area contributed by atoms with Crippen LogP contribution in [0.25, 0.3) is 0 Å². The van der Waals surface area contributed by atoms with Crippen molar-refractivity contribution in [1.82, 2.24) is 10.6 Å². The molecule has 4 nitrogen and oxygen atoms in total. The van der Waals surface area contributed by atoms with Crippen LogP contribution in [-0.4, -0.2) is 50.3 Å². The molecule has 108 valence electrons. The second-order valence-electron chi connectivity index (χ2n) is 5.55. The summed E-state index contributed by atoms with van der Waals surface area (Å²) in [5, 5.41) is 6.72. The van der Waals surface area contributed by atoms with E-state index in [1.165, 1.54) is 0 Å². The van der Waals surface area contributed by atoms with Crippen molar-refractivity contribution in [2.45, 2.75) is 25.5 Å². The first-order valence-corrected chi connectivity index (χ1v) is 7.21. The highest BCUT2D eigenvalue weighted by atomic mass is 127. The SMILES string of the molecule is CN=C(NCC1(C)COC1)NCC(C)(C)SC.I. The molecule has 0 bridgehead atoms.